The summed E-state index contributed by atoms with van der Waals surface area (Å²) in [6.45, 7) is 0. The molecular weight excluding hydrogens is 373 g/mol. The number of ether oxygens (including phenoxy) is 1. The van der Waals surface area contributed by atoms with Crippen molar-refractivity contribution in [2.45, 2.75) is 0 Å². The third-order valence-electron chi connectivity index (χ3n) is 3.54. The van der Waals surface area contributed by atoms with Crippen LogP contribution in [0.5, 0.6) is 5.75 Å². The molecule has 0 fully saturated rings. The third-order valence-corrected chi connectivity index (χ3v) is 4.28. The van der Waals surface area contributed by atoms with Gasteiger partial charge in [-0.1, -0.05) is 29.3 Å². The van der Waals surface area contributed by atoms with Gasteiger partial charge in [0.1, 0.15) is 11.6 Å². The van der Waals surface area contributed by atoms with E-state index in [1.54, 1.807) is 67.9 Å². The van der Waals surface area contributed by atoms with Crippen molar-refractivity contribution in [2.24, 2.45) is 0 Å². The van der Waals surface area contributed by atoms with Gasteiger partial charge in [-0.15, -0.1) is 0 Å². The topological polar surface area (TPSA) is 63.2 Å². The van der Waals surface area contributed by atoms with Crippen LogP contribution in [0, 0.1) is 0 Å². The van der Waals surface area contributed by atoms with E-state index in [9.17, 15) is 4.79 Å². The van der Waals surface area contributed by atoms with E-state index in [0.717, 1.165) is 5.69 Å². The van der Waals surface area contributed by atoms with E-state index in [2.05, 4.69) is 15.6 Å². The van der Waals surface area contributed by atoms with Gasteiger partial charge in [0.05, 0.1) is 17.2 Å². The highest BCUT2D eigenvalue weighted by atomic mass is 35.5. The minimum absolute atomic E-state index is 0.252. The van der Waals surface area contributed by atoms with Gasteiger partial charge in [0.25, 0.3) is 5.91 Å². The third kappa shape index (κ3) is 4.45. The van der Waals surface area contributed by atoms with Crippen LogP contribution >= 0.6 is 23.2 Å². The van der Waals surface area contributed by atoms with Crippen molar-refractivity contribution < 1.29 is 9.53 Å². The standard InChI is InChI=1S/C19H15Cl2N3O2/c1-26-15-4-2-3-13(10-15)24-19(25)12-7-8-22-18(9-12)23-14-5-6-16(20)17(21)11-14/h2-11H,1H3,(H,22,23)(H,24,25). The zero-order chi connectivity index (χ0) is 18.5. The summed E-state index contributed by atoms with van der Waals surface area (Å²) in [6, 6.07) is 15.6. The second kappa shape index (κ2) is 8.08. The molecule has 7 heteroatoms. The Morgan fingerprint density at radius 3 is 2.62 bits per heavy atom. The number of pyridine rings is 1. The molecule has 3 rings (SSSR count). The Kier molecular flexibility index (Phi) is 5.61. The molecule has 1 amide bonds. The Balaban J connectivity index is 1.75. The minimum Gasteiger partial charge on any atom is -0.497 e. The Morgan fingerprint density at radius 2 is 1.85 bits per heavy atom. The lowest BCUT2D eigenvalue weighted by Gasteiger charge is -2.09. The smallest absolute Gasteiger partial charge is 0.255 e. The van der Waals surface area contributed by atoms with Crippen LogP contribution in [-0.4, -0.2) is 18.0 Å². The molecule has 1 aromatic heterocycles. The van der Waals surface area contributed by atoms with E-state index in [1.807, 2.05) is 0 Å². The molecule has 0 bridgehead atoms. The number of halogens is 2. The van der Waals surface area contributed by atoms with Crippen LogP contribution in [0.15, 0.2) is 60.8 Å². The van der Waals surface area contributed by atoms with Crippen molar-refractivity contribution in [3.8, 4) is 5.75 Å². The number of anilines is 3. The number of benzene rings is 2. The molecule has 0 spiro atoms. The van der Waals surface area contributed by atoms with Crippen molar-refractivity contribution in [1.82, 2.24) is 4.98 Å². The molecule has 26 heavy (non-hydrogen) atoms. The average Bonchev–Trinajstić information content (AvgIpc) is 2.65. The van der Waals surface area contributed by atoms with Crippen LogP contribution in [-0.2, 0) is 0 Å². The van der Waals surface area contributed by atoms with E-state index >= 15 is 0 Å². The SMILES string of the molecule is COc1cccc(NC(=O)c2ccnc(Nc3ccc(Cl)c(Cl)c3)c2)c1. The fraction of sp³-hybridized carbons (Fsp3) is 0.0526. The van der Waals surface area contributed by atoms with E-state index in [0.29, 0.717) is 32.9 Å². The number of hydrogen-bond donors (Lipinski definition) is 2. The highest BCUT2D eigenvalue weighted by Gasteiger charge is 2.09. The summed E-state index contributed by atoms with van der Waals surface area (Å²) < 4.78 is 5.15. The first-order valence-electron chi connectivity index (χ1n) is 7.69. The lowest BCUT2D eigenvalue weighted by molar-refractivity contribution is 0.102. The Hall–Kier alpha value is -2.76. The van der Waals surface area contributed by atoms with Gasteiger partial charge in [0.15, 0.2) is 0 Å². The summed E-state index contributed by atoms with van der Waals surface area (Å²) in [5, 5.41) is 6.83. The second-order valence-corrected chi connectivity index (χ2v) is 6.18. The number of hydrogen-bond acceptors (Lipinski definition) is 4. The molecular formula is C19H15Cl2N3O2. The van der Waals surface area contributed by atoms with Crippen LogP contribution in [0.3, 0.4) is 0 Å². The van der Waals surface area contributed by atoms with E-state index in [-0.39, 0.29) is 5.91 Å². The highest BCUT2D eigenvalue weighted by Crippen LogP contribution is 2.26. The quantitative estimate of drug-likeness (QED) is 0.615. The van der Waals surface area contributed by atoms with Gasteiger partial charge in [-0.25, -0.2) is 4.98 Å². The predicted octanol–water partition coefficient (Wildman–Crippen LogP) is 5.39. The second-order valence-electron chi connectivity index (χ2n) is 5.37. The van der Waals surface area contributed by atoms with Gasteiger partial charge in [-0.2, -0.15) is 0 Å². The maximum atomic E-state index is 12.5. The number of carbonyl (C=O) groups excluding carboxylic acids is 1. The first-order valence-corrected chi connectivity index (χ1v) is 8.44. The number of carbonyl (C=O) groups is 1. The molecule has 0 saturated carbocycles. The Morgan fingerprint density at radius 1 is 1.00 bits per heavy atom. The minimum atomic E-state index is -0.252. The Labute approximate surface area is 160 Å². The number of aromatic nitrogens is 1. The number of rotatable bonds is 5. The van der Waals surface area contributed by atoms with Gasteiger partial charge >= 0.3 is 0 Å². The largest absolute Gasteiger partial charge is 0.497 e. The predicted molar refractivity (Wildman–Crippen MR) is 105 cm³/mol. The Bertz CT molecular complexity index is 948. The van der Waals surface area contributed by atoms with Gasteiger partial charge < -0.3 is 15.4 Å². The van der Waals surface area contributed by atoms with Crippen molar-refractivity contribution in [1.29, 1.82) is 0 Å². The summed E-state index contributed by atoms with van der Waals surface area (Å²) in [5.41, 5.74) is 1.83. The first kappa shape index (κ1) is 18.0. The molecule has 0 unspecified atom stereocenters. The van der Waals surface area contributed by atoms with E-state index in [1.165, 1.54) is 0 Å². The lowest BCUT2D eigenvalue weighted by atomic mass is 10.2. The first-order chi connectivity index (χ1) is 12.5. The zero-order valence-electron chi connectivity index (χ0n) is 13.8. The van der Waals surface area contributed by atoms with Gasteiger partial charge in [0.2, 0.25) is 0 Å². The van der Waals surface area contributed by atoms with E-state index < -0.39 is 0 Å². The van der Waals surface area contributed by atoms with Crippen LogP contribution in [0.1, 0.15) is 10.4 Å². The fourth-order valence-electron chi connectivity index (χ4n) is 2.27. The molecule has 0 aliphatic carbocycles. The van der Waals surface area contributed by atoms with Crippen molar-refractivity contribution in [2.75, 3.05) is 17.7 Å². The lowest BCUT2D eigenvalue weighted by Crippen LogP contribution is -2.12. The molecule has 2 N–H and O–H groups in total. The van der Waals surface area contributed by atoms with E-state index in [4.69, 9.17) is 27.9 Å². The van der Waals surface area contributed by atoms with Crippen LogP contribution in [0.2, 0.25) is 10.0 Å². The van der Waals surface area contributed by atoms with Crippen molar-refractivity contribution in [3.05, 3.63) is 76.4 Å². The zero-order valence-corrected chi connectivity index (χ0v) is 15.3. The molecule has 1 heterocycles. The summed E-state index contributed by atoms with van der Waals surface area (Å²) in [5.74, 6) is 0.930. The molecule has 0 radical (unpaired) electrons. The maximum absolute atomic E-state index is 12.5. The molecule has 132 valence electrons. The van der Waals surface area contributed by atoms with Gasteiger partial charge in [-0.3, -0.25) is 4.79 Å². The molecule has 0 atom stereocenters. The maximum Gasteiger partial charge on any atom is 0.255 e. The normalized spacial score (nSPS) is 10.3. The van der Waals surface area contributed by atoms with Crippen molar-refractivity contribution in [3.63, 3.8) is 0 Å². The number of amides is 1. The van der Waals surface area contributed by atoms with Crippen LogP contribution in [0.25, 0.3) is 0 Å². The number of nitrogens with zero attached hydrogens (tertiary/aromatic N) is 1. The van der Waals surface area contributed by atoms with Gasteiger partial charge in [-0.05, 0) is 42.5 Å². The van der Waals surface area contributed by atoms with Crippen molar-refractivity contribution >= 4 is 46.3 Å². The van der Waals surface area contributed by atoms with Crippen LogP contribution < -0.4 is 15.4 Å². The summed E-state index contributed by atoms with van der Waals surface area (Å²) in [6.07, 6.45) is 1.56. The summed E-state index contributed by atoms with van der Waals surface area (Å²) in [4.78, 5) is 16.7. The summed E-state index contributed by atoms with van der Waals surface area (Å²) >= 11 is 11.9. The molecule has 5 nitrogen and oxygen atoms in total. The average molecular weight is 388 g/mol. The fourth-order valence-corrected chi connectivity index (χ4v) is 2.56. The molecule has 0 aliphatic rings. The molecule has 0 aliphatic heterocycles. The molecule has 2 aromatic carbocycles. The summed E-state index contributed by atoms with van der Waals surface area (Å²) in [7, 11) is 1.57. The number of nitrogens with one attached hydrogen (secondary N) is 2. The monoisotopic (exact) mass is 387 g/mol. The van der Waals surface area contributed by atoms with Crippen LogP contribution in [0.4, 0.5) is 17.2 Å². The molecule has 3 aromatic rings. The van der Waals surface area contributed by atoms with Gasteiger partial charge in [0, 0.05) is 29.2 Å². The molecule has 0 saturated heterocycles. The number of methoxy groups -OCH3 is 1. The highest BCUT2D eigenvalue weighted by molar-refractivity contribution is 6.42.